The molecule has 0 saturated carbocycles. The molecule has 0 bridgehead atoms. The molecule has 1 radical (unpaired) electrons. The van der Waals surface area contributed by atoms with Crippen molar-refractivity contribution in [3.63, 3.8) is 0 Å². The van der Waals surface area contributed by atoms with Gasteiger partial charge >= 0.3 is 0 Å². The number of fused-ring (bicyclic) bond motifs is 1. The van der Waals surface area contributed by atoms with Gasteiger partial charge in [0.05, 0.1) is 5.69 Å². The minimum absolute atomic E-state index is 0.0609. The Kier molecular flexibility index (Phi) is 11.1. The van der Waals surface area contributed by atoms with Gasteiger partial charge in [0, 0.05) is 48.9 Å². The van der Waals surface area contributed by atoms with Crippen LogP contribution >= 0.6 is 0 Å². The van der Waals surface area contributed by atoms with Gasteiger partial charge in [-0.2, -0.15) is 0 Å². The zero-order valence-electron chi connectivity index (χ0n) is 19.8. The first-order valence-corrected chi connectivity index (χ1v) is 11.4. The summed E-state index contributed by atoms with van der Waals surface area (Å²) in [6, 6.07) is 15.2. The number of amidine groups is 1. The van der Waals surface area contributed by atoms with E-state index in [0.29, 0.717) is 42.1 Å². The highest BCUT2D eigenvalue weighted by atomic mass is 16.2. The monoisotopic (exact) mass is 456 g/mol. The maximum atomic E-state index is 13.0. The van der Waals surface area contributed by atoms with E-state index in [-0.39, 0.29) is 12.3 Å². The SMILES string of the molecule is CCCN(CCC[B]C#N)C(=O)C1=Cc2ccc(C=O)cc2N=C(N)C1.CNc1ccccc1. The summed E-state index contributed by atoms with van der Waals surface area (Å²) in [6.45, 7) is 3.27. The molecule has 0 spiro atoms. The summed E-state index contributed by atoms with van der Waals surface area (Å²) in [7, 11) is 3.46. The van der Waals surface area contributed by atoms with Crippen LogP contribution in [0.4, 0.5) is 11.4 Å². The molecular weight excluding hydrogens is 425 g/mol. The van der Waals surface area contributed by atoms with Gasteiger partial charge in [0.15, 0.2) is 0 Å². The molecule has 0 aliphatic carbocycles. The van der Waals surface area contributed by atoms with E-state index < -0.39 is 0 Å². The fourth-order valence-electron chi connectivity index (χ4n) is 3.46. The number of carbonyl (C=O) groups excluding carboxylic acids is 2. The van der Waals surface area contributed by atoms with E-state index in [0.717, 1.165) is 30.4 Å². The third kappa shape index (κ3) is 8.25. The molecular formula is C26H31BN5O2. The van der Waals surface area contributed by atoms with E-state index in [9.17, 15) is 9.59 Å². The third-order valence-corrected chi connectivity index (χ3v) is 5.14. The largest absolute Gasteiger partial charge is 0.388 e. The first-order chi connectivity index (χ1) is 16.5. The van der Waals surface area contributed by atoms with Crippen LogP contribution in [0.5, 0.6) is 0 Å². The molecule has 2 aromatic rings. The van der Waals surface area contributed by atoms with E-state index in [1.54, 1.807) is 36.5 Å². The third-order valence-electron chi connectivity index (χ3n) is 5.14. The number of hydrogen-bond acceptors (Lipinski definition) is 6. The number of hydrogen-bond donors (Lipinski definition) is 2. The number of aliphatic imine (C=N–C) groups is 1. The molecule has 3 N–H and O–H groups in total. The average Bonchev–Trinajstić information content (AvgIpc) is 3.03. The van der Waals surface area contributed by atoms with Crippen molar-refractivity contribution in [1.82, 2.24) is 4.90 Å². The molecule has 7 nitrogen and oxygen atoms in total. The minimum atomic E-state index is -0.0609. The van der Waals surface area contributed by atoms with Crippen molar-refractivity contribution in [2.24, 2.45) is 10.7 Å². The lowest BCUT2D eigenvalue weighted by molar-refractivity contribution is -0.127. The molecule has 8 heteroatoms. The number of amides is 1. The maximum Gasteiger partial charge on any atom is 0.254 e. The number of nitrogens with two attached hydrogens (primary N) is 1. The Morgan fingerprint density at radius 3 is 2.65 bits per heavy atom. The van der Waals surface area contributed by atoms with Crippen molar-refractivity contribution in [1.29, 1.82) is 5.26 Å². The van der Waals surface area contributed by atoms with Crippen molar-refractivity contribution in [2.45, 2.75) is 32.5 Å². The summed E-state index contributed by atoms with van der Waals surface area (Å²) >= 11 is 0. The molecule has 0 saturated heterocycles. The highest BCUT2D eigenvalue weighted by molar-refractivity contribution is 6.44. The Hall–Kier alpha value is -3.86. The normalized spacial score (nSPS) is 11.8. The van der Waals surface area contributed by atoms with Gasteiger partial charge in [-0.15, -0.1) is 0 Å². The summed E-state index contributed by atoms with van der Waals surface area (Å²) in [5.41, 5.74) is 9.62. The molecule has 1 amide bonds. The van der Waals surface area contributed by atoms with E-state index in [4.69, 9.17) is 11.0 Å². The number of anilines is 1. The molecule has 1 aliphatic rings. The van der Waals surface area contributed by atoms with Gasteiger partial charge in [-0.3, -0.25) is 9.59 Å². The Morgan fingerprint density at radius 1 is 1.26 bits per heavy atom. The highest BCUT2D eigenvalue weighted by Gasteiger charge is 2.21. The summed E-state index contributed by atoms with van der Waals surface area (Å²) < 4.78 is 0. The molecule has 34 heavy (non-hydrogen) atoms. The molecule has 0 unspecified atom stereocenters. The van der Waals surface area contributed by atoms with Gasteiger partial charge in [0.1, 0.15) is 12.1 Å². The number of carbonyl (C=O) groups is 2. The van der Waals surface area contributed by atoms with E-state index in [2.05, 4.69) is 10.3 Å². The van der Waals surface area contributed by atoms with Gasteiger partial charge in [0.25, 0.3) is 7.28 Å². The first kappa shape index (κ1) is 26.4. The number of rotatable bonds is 9. The van der Waals surface area contributed by atoms with E-state index in [1.165, 1.54) is 0 Å². The number of nitriles is 1. The number of nitrogens with zero attached hydrogens (tertiary/aromatic N) is 3. The van der Waals surface area contributed by atoms with Crippen molar-refractivity contribution in [2.75, 3.05) is 25.5 Å². The predicted octanol–water partition coefficient (Wildman–Crippen LogP) is 4.24. The van der Waals surface area contributed by atoms with Crippen molar-refractivity contribution < 1.29 is 9.59 Å². The van der Waals surface area contributed by atoms with Crippen LogP contribution in [0.1, 0.15) is 42.1 Å². The van der Waals surface area contributed by atoms with Gasteiger partial charge < -0.3 is 16.0 Å². The molecule has 0 fully saturated rings. The van der Waals surface area contributed by atoms with Crippen molar-refractivity contribution in [3.8, 4) is 5.97 Å². The van der Waals surface area contributed by atoms with Crippen LogP contribution < -0.4 is 11.1 Å². The Bertz CT molecular complexity index is 1060. The van der Waals surface area contributed by atoms with Gasteiger partial charge in [-0.1, -0.05) is 43.6 Å². The van der Waals surface area contributed by atoms with E-state index >= 15 is 0 Å². The molecule has 175 valence electrons. The zero-order chi connectivity index (χ0) is 24.8. The van der Waals surface area contributed by atoms with Crippen LogP contribution in [0, 0.1) is 11.2 Å². The van der Waals surface area contributed by atoms with Crippen LogP contribution in [0.25, 0.3) is 6.08 Å². The summed E-state index contributed by atoms with van der Waals surface area (Å²) in [6.07, 6.45) is 5.09. The Balaban J connectivity index is 0.000000430. The first-order valence-electron chi connectivity index (χ1n) is 11.4. The average molecular weight is 456 g/mol. The quantitative estimate of drug-likeness (QED) is 0.333. The second kappa shape index (κ2) is 14.3. The van der Waals surface area contributed by atoms with Gasteiger partial charge in [-0.25, -0.2) is 10.3 Å². The molecule has 3 rings (SSSR count). The minimum Gasteiger partial charge on any atom is -0.388 e. The second-order valence-corrected chi connectivity index (χ2v) is 7.77. The summed E-state index contributed by atoms with van der Waals surface area (Å²) in [5, 5.41) is 11.6. The maximum absolute atomic E-state index is 13.0. The number of aldehydes is 1. The number of benzene rings is 2. The molecule has 0 atom stereocenters. The molecule has 1 heterocycles. The lowest BCUT2D eigenvalue weighted by Crippen LogP contribution is -2.34. The fraction of sp³-hybridized carbons (Fsp3) is 0.308. The van der Waals surface area contributed by atoms with Gasteiger partial charge in [-0.05, 0) is 43.1 Å². The van der Waals surface area contributed by atoms with Gasteiger partial charge in [0.2, 0.25) is 5.91 Å². The zero-order valence-corrected chi connectivity index (χ0v) is 19.8. The van der Waals surface area contributed by atoms with Crippen molar-refractivity contribution in [3.05, 3.63) is 65.2 Å². The second-order valence-electron chi connectivity index (χ2n) is 7.77. The Morgan fingerprint density at radius 2 is 2.03 bits per heavy atom. The molecule has 2 aromatic carbocycles. The van der Waals surface area contributed by atoms with Crippen molar-refractivity contribution >= 4 is 42.8 Å². The lowest BCUT2D eigenvalue weighted by atomic mass is 9.76. The van der Waals surface area contributed by atoms with Crippen LogP contribution in [0.2, 0.25) is 6.32 Å². The van der Waals surface area contributed by atoms with Crippen LogP contribution in [-0.2, 0) is 4.79 Å². The summed E-state index contributed by atoms with van der Waals surface area (Å²) in [5.74, 6) is 2.29. The topological polar surface area (TPSA) is 112 Å². The smallest absolute Gasteiger partial charge is 0.254 e. The standard InChI is InChI=1S/C19H22BN4O2.C7H9N/c1-2-7-24(8-3-6-20-13-21)19(26)16-10-15-5-4-14(12-25)9-17(15)23-18(22)11-16;1-8-7-5-3-2-4-6-7/h4-5,9-10,12H,2-3,6-8,11H2,1H3,(H2,22,23);2-6,8H,1H3. The molecule has 1 aliphatic heterocycles. The molecule has 0 aromatic heterocycles. The Labute approximate surface area is 202 Å². The van der Waals surface area contributed by atoms with Crippen LogP contribution in [0.3, 0.4) is 0 Å². The van der Waals surface area contributed by atoms with Crippen LogP contribution in [-0.4, -0.2) is 50.3 Å². The predicted molar refractivity (Wildman–Crippen MR) is 139 cm³/mol. The number of para-hydroxylation sites is 1. The fourth-order valence-corrected chi connectivity index (χ4v) is 3.46. The lowest BCUT2D eigenvalue weighted by Gasteiger charge is -2.23. The van der Waals surface area contributed by atoms with E-state index in [1.807, 2.05) is 50.3 Å². The van der Waals surface area contributed by atoms with Crippen LogP contribution in [0.15, 0.2) is 59.1 Å². The summed E-state index contributed by atoms with van der Waals surface area (Å²) in [4.78, 5) is 30.1. The number of nitrogens with one attached hydrogen (secondary N) is 1. The highest BCUT2D eigenvalue weighted by Crippen LogP contribution is 2.28.